The van der Waals surface area contributed by atoms with Crippen molar-refractivity contribution in [3.63, 3.8) is 0 Å². The summed E-state index contributed by atoms with van der Waals surface area (Å²) in [5.74, 6) is 2.84. The van der Waals surface area contributed by atoms with Gasteiger partial charge in [-0.3, -0.25) is 9.88 Å². The molecule has 4 rings (SSSR count). The van der Waals surface area contributed by atoms with Crippen LogP contribution in [-0.2, 0) is 13.0 Å². The molecule has 144 valence electrons. The van der Waals surface area contributed by atoms with E-state index in [1.165, 1.54) is 24.9 Å². The van der Waals surface area contributed by atoms with Crippen molar-refractivity contribution in [2.45, 2.75) is 59.0 Å². The molecule has 0 bridgehead atoms. The molecule has 5 nitrogen and oxygen atoms in total. The Morgan fingerprint density at radius 3 is 2.81 bits per heavy atom. The zero-order valence-corrected chi connectivity index (χ0v) is 16.9. The standard InChI is InChI=1S/C22H31N5/c1-16(2)14-26-12-7-10-20(26)21-24-17(3)19-9-6-13-27(22(19)25-21)15-18-8-4-5-11-23-18/h4-5,8,11,16,20H,6-7,9-10,12-15H2,1-3H3/t20-/m0/s1. The largest absolute Gasteiger partial charge is 0.350 e. The van der Waals surface area contributed by atoms with Gasteiger partial charge in [-0.15, -0.1) is 0 Å². The van der Waals surface area contributed by atoms with Crippen molar-refractivity contribution >= 4 is 5.82 Å². The molecule has 2 aliphatic heterocycles. The van der Waals surface area contributed by atoms with E-state index in [0.717, 1.165) is 55.5 Å². The third kappa shape index (κ3) is 3.98. The highest BCUT2D eigenvalue weighted by atomic mass is 15.2. The first-order valence-electron chi connectivity index (χ1n) is 10.4. The zero-order chi connectivity index (χ0) is 18.8. The maximum atomic E-state index is 5.14. The van der Waals surface area contributed by atoms with Crippen LogP contribution in [0.15, 0.2) is 24.4 Å². The number of fused-ring (bicyclic) bond motifs is 1. The molecule has 1 fully saturated rings. The minimum atomic E-state index is 0.370. The van der Waals surface area contributed by atoms with Gasteiger partial charge in [0.15, 0.2) is 0 Å². The Balaban J connectivity index is 1.64. The molecule has 0 aromatic carbocycles. The number of nitrogens with zero attached hydrogens (tertiary/aromatic N) is 5. The molecular formula is C22H31N5. The molecule has 0 radical (unpaired) electrons. The van der Waals surface area contributed by atoms with Crippen LogP contribution >= 0.6 is 0 Å². The Morgan fingerprint density at radius 2 is 2.04 bits per heavy atom. The van der Waals surface area contributed by atoms with Gasteiger partial charge in [-0.05, 0) is 57.2 Å². The highest BCUT2D eigenvalue weighted by molar-refractivity contribution is 5.51. The van der Waals surface area contributed by atoms with Crippen molar-refractivity contribution in [2.24, 2.45) is 5.92 Å². The minimum absolute atomic E-state index is 0.370. The van der Waals surface area contributed by atoms with Crippen molar-refractivity contribution in [3.05, 3.63) is 47.2 Å². The molecule has 1 saturated heterocycles. The van der Waals surface area contributed by atoms with Crippen molar-refractivity contribution in [3.8, 4) is 0 Å². The Labute approximate surface area is 162 Å². The minimum Gasteiger partial charge on any atom is -0.350 e. The molecule has 1 atom stereocenters. The third-order valence-corrected chi connectivity index (χ3v) is 5.70. The SMILES string of the molecule is Cc1nc([C@@H]2CCCN2CC(C)C)nc2c1CCCN2Cc1ccccn1. The first-order valence-corrected chi connectivity index (χ1v) is 10.4. The lowest BCUT2D eigenvalue weighted by atomic mass is 10.0. The van der Waals surface area contributed by atoms with E-state index in [4.69, 9.17) is 9.97 Å². The molecule has 4 heterocycles. The van der Waals surface area contributed by atoms with Gasteiger partial charge in [0.25, 0.3) is 0 Å². The quantitative estimate of drug-likeness (QED) is 0.803. The van der Waals surface area contributed by atoms with Crippen molar-refractivity contribution in [2.75, 3.05) is 24.5 Å². The van der Waals surface area contributed by atoms with E-state index in [-0.39, 0.29) is 0 Å². The van der Waals surface area contributed by atoms with Crippen molar-refractivity contribution < 1.29 is 0 Å². The molecular weight excluding hydrogens is 334 g/mol. The molecule has 0 unspecified atom stereocenters. The summed E-state index contributed by atoms with van der Waals surface area (Å²) in [5, 5.41) is 0. The van der Waals surface area contributed by atoms with E-state index in [1.54, 1.807) is 0 Å². The Bertz CT molecular complexity index is 774. The Kier molecular flexibility index (Phi) is 5.39. The summed E-state index contributed by atoms with van der Waals surface area (Å²) < 4.78 is 0. The fourth-order valence-corrected chi connectivity index (χ4v) is 4.51. The van der Waals surface area contributed by atoms with Gasteiger partial charge in [-0.2, -0.15) is 0 Å². The van der Waals surface area contributed by atoms with Gasteiger partial charge in [-0.25, -0.2) is 9.97 Å². The van der Waals surface area contributed by atoms with Gasteiger partial charge in [0.1, 0.15) is 11.6 Å². The predicted molar refractivity (Wildman–Crippen MR) is 109 cm³/mol. The second-order valence-electron chi connectivity index (χ2n) is 8.36. The lowest BCUT2D eigenvalue weighted by Gasteiger charge is -2.32. The number of hydrogen-bond acceptors (Lipinski definition) is 5. The van der Waals surface area contributed by atoms with Gasteiger partial charge < -0.3 is 4.90 Å². The summed E-state index contributed by atoms with van der Waals surface area (Å²) in [6.07, 6.45) is 6.53. The molecule has 2 aliphatic rings. The molecule has 0 spiro atoms. The summed E-state index contributed by atoms with van der Waals surface area (Å²) in [6.45, 7) is 10.9. The van der Waals surface area contributed by atoms with Crippen LogP contribution in [0.1, 0.15) is 61.9 Å². The number of likely N-dealkylation sites (tertiary alicyclic amines) is 1. The highest BCUT2D eigenvalue weighted by Gasteiger charge is 2.31. The summed E-state index contributed by atoms with van der Waals surface area (Å²) >= 11 is 0. The summed E-state index contributed by atoms with van der Waals surface area (Å²) in [6, 6.07) is 6.51. The molecule has 0 saturated carbocycles. The van der Waals surface area contributed by atoms with Gasteiger partial charge >= 0.3 is 0 Å². The normalized spacial score (nSPS) is 20.3. The van der Waals surface area contributed by atoms with Crippen LogP contribution in [0, 0.1) is 12.8 Å². The van der Waals surface area contributed by atoms with Crippen molar-refractivity contribution in [1.82, 2.24) is 19.9 Å². The molecule has 0 amide bonds. The predicted octanol–water partition coefficient (Wildman–Crippen LogP) is 3.93. The topological polar surface area (TPSA) is 45.2 Å². The van der Waals surface area contributed by atoms with Crippen molar-refractivity contribution in [1.29, 1.82) is 0 Å². The van der Waals surface area contributed by atoms with Gasteiger partial charge in [0.2, 0.25) is 0 Å². The van der Waals surface area contributed by atoms with Gasteiger partial charge in [-0.1, -0.05) is 19.9 Å². The average Bonchev–Trinajstić information content (AvgIpc) is 3.10. The maximum absolute atomic E-state index is 5.14. The number of hydrogen-bond donors (Lipinski definition) is 0. The zero-order valence-electron chi connectivity index (χ0n) is 16.9. The Hall–Kier alpha value is -2.01. The average molecular weight is 366 g/mol. The van der Waals surface area contributed by atoms with Gasteiger partial charge in [0.05, 0.1) is 18.3 Å². The molecule has 0 N–H and O–H groups in total. The summed E-state index contributed by atoms with van der Waals surface area (Å²) in [5.41, 5.74) is 3.59. The van der Waals surface area contributed by atoms with Crippen LogP contribution in [0.25, 0.3) is 0 Å². The second kappa shape index (κ2) is 7.93. The number of aromatic nitrogens is 3. The fourth-order valence-electron chi connectivity index (χ4n) is 4.51. The second-order valence-corrected chi connectivity index (χ2v) is 8.36. The molecule has 5 heteroatoms. The summed E-state index contributed by atoms with van der Waals surface area (Å²) in [7, 11) is 0. The molecule has 2 aromatic heterocycles. The number of aryl methyl sites for hydroxylation is 1. The fraction of sp³-hybridized carbons (Fsp3) is 0.591. The Morgan fingerprint density at radius 1 is 1.15 bits per heavy atom. The summed E-state index contributed by atoms with van der Waals surface area (Å²) in [4.78, 5) is 19.6. The monoisotopic (exact) mass is 365 g/mol. The first-order chi connectivity index (χ1) is 13.1. The lowest BCUT2D eigenvalue weighted by Crippen LogP contribution is -2.33. The van der Waals surface area contributed by atoms with E-state index in [9.17, 15) is 0 Å². The van der Waals surface area contributed by atoms with E-state index in [1.807, 2.05) is 12.3 Å². The molecule has 27 heavy (non-hydrogen) atoms. The van der Waals surface area contributed by atoms with E-state index in [0.29, 0.717) is 12.0 Å². The van der Waals surface area contributed by atoms with Crippen LogP contribution in [0.4, 0.5) is 5.82 Å². The number of pyridine rings is 1. The van der Waals surface area contributed by atoms with Crippen LogP contribution in [-0.4, -0.2) is 39.5 Å². The van der Waals surface area contributed by atoms with Crippen LogP contribution < -0.4 is 4.90 Å². The van der Waals surface area contributed by atoms with E-state index < -0.39 is 0 Å². The van der Waals surface area contributed by atoms with Crippen LogP contribution in [0.3, 0.4) is 0 Å². The van der Waals surface area contributed by atoms with Crippen LogP contribution in [0.2, 0.25) is 0 Å². The van der Waals surface area contributed by atoms with E-state index >= 15 is 0 Å². The number of rotatable bonds is 5. The third-order valence-electron chi connectivity index (χ3n) is 5.70. The first kappa shape index (κ1) is 18.4. The smallest absolute Gasteiger partial charge is 0.148 e. The van der Waals surface area contributed by atoms with Crippen LogP contribution in [0.5, 0.6) is 0 Å². The highest BCUT2D eigenvalue weighted by Crippen LogP contribution is 2.34. The van der Waals surface area contributed by atoms with Gasteiger partial charge in [0, 0.05) is 30.5 Å². The number of anilines is 1. The maximum Gasteiger partial charge on any atom is 0.148 e. The van der Waals surface area contributed by atoms with E-state index in [2.05, 4.69) is 47.7 Å². The molecule has 0 aliphatic carbocycles. The lowest BCUT2D eigenvalue weighted by molar-refractivity contribution is 0.221. The molecule has 2 aromatic rings.